The van der Waals surface area contributed by atoms with Crippen LogP contribution in [0.15, 0.2) is 15.0 Å². The minimum Gasteiger partial charge on any atom is -0.425 e. The van der Waals surface area contributed by atoms with Crippen LogP contribution in [0.4, 0.5) is 0 Å². The summed E-state index contributed by atoms with van der Waals surface area (Å²) in [6.45, 7) is 7.71. The molecule has 0 spiro atoms. The number of hydrogen-bond donors (Lipinski definition) is 0. The molecule has 2 aromatic heterocycles. The van der Waals surface area contributed by atoms with Crippen molar-refractivity contribution < 1.29 is 13.7 Å². The van der Waals surface area contributed by atoms with Gasteiger partial charge in [0.1, 0.15) is 5.76 Å². The standard InChI is InChI=1S/C14H18N4O3/c1-9-3-12(17-21-9)5-18-4-11-6-19-8-14(11,7-18)13-16-15-10(2)20-13/h3,11H,4-8H2,1-2H3/t11-,14-/m1/s1. The lowest BCUT2D eigenvalue weighted by Crippen LogP contribution is -2.35. The SMILES string of the molecule is Cc1cc(CN2C[C@@H]3COC[C@]3(c3nnc(C)o3)C2)no1. The molecule has 2 aromatic rings. The summed E-state index contributed by atoms with van der Waals surface area (Å²) in [5.74, 6) is 2.55. The van der Waals surface area contributed by atoms with Gasteiger partial charge in [0.15, 0.2) is 0 Å². The van der Waals surface area contributed by atoms with E-state index in [1.165, 1.54) is 0 Å². The Morgan fingerprint density at radius 1 is 1.38 bits per heavy atom. The van der Waals surface area contributed by atoms with Gasteiger partial charge in [0.05, 0.1) is 24.3 Å². The second-order valence-electron chi connectivity index (χ2n) is 6.09. The quantitative estimate of drug-likeness (QED) is 0.836. The van der Waals surface area contributed by atoms with Crippen molar-refractivity contribution in [2.24, 2.45) is 5.92 Å². The van der Waals surface area contributed by atoms with E-state index in [4.69, 9.17) is 13.7 Å². The van der Waals surface area contributed by atoms with Crippen molar-refractivity contribution in [1.29, 1.82) is 0 Å². The van der Waals surface area contributed by atoms with Crippen LogP contribution in [0.5, 0.6) is 0 Å². The molecule has 0 N–H and O–H groups in total. The van der Waals surface area contributed by atoms with Crippen LogP contribution in [-0.4, -0.2) is 46.6 Å². The van der Waals surface area contributed by atoms with Crippen LogP contribution in [0.1, 0.15) is 23.2 Å². The molecular formula is C14H18N4O3. The maximum absolute atomic E-state index is 5.71. The van der Waals surface area contributed by atoms with Gasteiger partial charge in [0.25, 0.3) is 0 Å². The Hall–Kier alpha value is -1.73. The summed E-state index contributed by atoms with van der Waals surface area (Å²) in [6, 6.07) is 1.98. The van der Waals surface area contributed by atoms with Gasteiger partial charge in [-0.1, -0.05) is 5.16 Å². The molecule has 0 aromatic carbocycles. The van der Waals surface area contributed by atoms with E-state index in [2.05, 4.69) is 20.3 Å². The number of aryl methyl sites for hydroxylation is 2. The molecule has 7 heteroatoms. The maximum Gasteiger partial charge on any atom is 0.226 e. The van der Waals surface area contributed by atoms with Gasteiger partial charge in [-0.2, -0.15) is 0 Å². The molecule has 0 radical (unpaired) electrons. The number of fused-ring (bicyclic) bond motifs is 1. The zero-order valence-corrected chi connectivity index (χ0v) is 12.2. The third kappa shape index (κ3) is 2.08. The minimum atomic E-state index is -0.167. The van der Waals surface area contributed by atoms with Crippen molar-refractivity contribution in [3.63, 3.8) is 0 Å². The summed E-state index contributed by atoms with van der Waals surface area (Å²) in [5.41, 5.74) is 0.797. The molecule has 7 nitrogen and oxygen atoms in total. The lowest BCUT2D eigenvalue weighted by atomic mass is 9.81. The van der Waals surface area contributed by atoms with E-state index < -0.39 is 0 Å². The lowest BCUT2D eigenvalue weighted by Gasteiger charge is -2.22. The molecule has 2 aliphatic rings. The molecule has 0 amide bonds. The Bertz CT molecular complexity index is 652. The van der Waals surface area contributed by atoms with Crippen LogP contribution in [0.25, 0.3) is 0 Å². The predicted octanol–water partition coefficient (Wildman–Crippen LogP) is 1.07. The topological polar surface area (TPSA) is 77.4 Å². The third-order valence-electron chi connectivity index (χ3n) is 4.46. The number of hydrogen-bond acceptors (Lipinski definition) is 7. The maximum atomic E-state index is 5.71. The molecule has 21 heavy (non-hydrogen) atoms. The molecule has 4 rings (SSSR count). The Morgan fingerprint density at radius 3 is 3.00 bits per heavy atom. The smallest absolute Gasteiger partial charge is 0.226 e. The van der Waals surface area contributed by atoms with E-state index in [-0.39, 0.29) is 5.41 Å². The average molecular weight is 290 g/mol. The molecule has 0 bridgehead atoms. The van der Waals surface area contributed by atoms with E-state index in [9.17, 15) is 0 Å². The second-order valence-corrected chi connectivity index (χ2v) is 6.09. The fourth-order valence-corrected chi connectivity index (χ4v) is 3.48. The predicted molar refractivity (Wildman–Crippen MR) is 71.5 cm³/mol. The molecular weight excluding hydrogens is 272 g/mol. The first-order valence-electron chi connectivity index (χ1n) is 7.18. The van der Waals surface area contributed by atoms with Crippen molar-refractivity contribution in [2.75, 3.05) is 26.3 Å². The number of rotatable bonds is 3. The molecule has 2 saturated heterocycles. The van der Waals surface area contributed by atoms with Crippen LogP contribution in [0.3, 0.4) is 0 Å². The number of nitrogens with zero attached hydrogens (tertiary/aromatic N) is 4. The van der Waals surface area contributed by atoms with Crippen molar-refractivity contribution in [2.45, 2.75) is 25.8 Å². The molecule has 2 aliphatic heterocycles. The fraction of sp³-hybridized carbons (Fsp3) is 0.643. The van der Waals surface area contributed by atoms with E-state index in [1.807, 2.05) is 19.9 Å². The van der Waals surface area contributed by atoms with Crippen LogP contribution < -0.4 is 0 Å². The van der Waals surface area contributed by atoms with E-state index >= 15 is 0 Å². The molecule has 2 fully saturated rings. The number of ether oxygens (including phenoxy) is 1. The molecule has 2 atom stereocenters. The molecule has 4 heterocycles. The van der Waals surface area contributed by atoms with Crippen LogP contribution in [0.2, 0.25) is 0 Å². The van der Waals surface area contributed by atoms with Crippen LogP contribution >= 0.6 is 0 Å². The number of aromatic nitrogens is 3. The van der Waals surface area contributed by atoms with Gasteiger partial charge in [-0.05, 0) is 6.92 Å². The van der Waals surface area contributed by atoms with Crippen LogP contribution in [-0.2, 0) is 16.7 Å². The summed E-state index contributed by atoms with van der Waals surface area (Å²) < 4.78 is 16.5. The minimum absolute atomic E-state index is 0.167. The van der Waals surface area contributed by atoms with Gasteiger partial charge in [-0.15, -0.1) is 10.2 Å². The van der Waals surface area contributed by atoms with Gasteiger partial charge >= 0.3 is 0 Å². The van der Waals surface area contributed by atoms with Crippen LogP contribution in [0, 0.1) is 19.8 Å². The average Bonchev–Trinajstić information content (AvgIpc) is 3.14. The van der Waals surface area contributed by atoms with Crippen molar-refractivity contribution in [3.05, 3.63) is 29.3 Å². The first kappa shape index (κ1) is 13.0. The zero-order chi connectivity index (χ0) is 14.4. The highest BCUT2D eigenvalue weighted by Gasteiger charge is 2.55. The van der Waals surface area contributed by atoms with Crippen molar-refractivity contribution >= 4 is 0 Å². The fourth-order valence-electron chi connectivity index (χ4n) is 3.48. The third-order valence-corrected chi connectivity index (χ3v) is 4.46. The molecule has 0 saturated carbocycles. The largest absolute Gasteiger partial charge is 0.425 e. The highest BCUT2D eigenvalue weighted by atomic mass is 16.5. The summed E-state index contributed by atoms with van der Waals surface area (Å²) in [7, 11) is 0. The Balaban J connectivity index is 1.57. The second kappa shape index (κ2) is 4.64. The Labute approximate surface area is 122 Å². The van der Waals surface area contributed by atoms with E-state index in [0.717, 1.165) is 37.7 Å². The molecule has 0 unspecified atom stereocenters. The normalized spacial score (nSPS) is 29.1. The Kier molecular flexibility index (Phi) is 2.87. The van der Waals surface area contributed by atoms with E-state index in [1.54, 1.807) is 0 Å². The van der Waals surface area contributed by atoms with E-state index in [0.29, 0.717) is 24.3 Å². The lowest BCUT2D eigenvalue weighted by molar-refractivity contribution is 0.139. The first-order valence-corrected chi connectivity index (χ1v) is 7.18. The summed E-state index contributed by atoms with van der Waals surface area (Å²) in [6.07, 6.45) is 0. The summed E-state index contributed by atoms with van der Waals surface area (Å²) in [5, 5.41) is 12.3. The Morgan fingerprint density at radius 2 is 2.29 bits per heavy atom. The highest BCUT2D eigenvalue weighted by molar-refractivity contribution is 5.17. The monoisotopic (exact) mass is 290 g/mol. The van der Waals surface area contributed by atoms with Gasteiger partial charge in [0, 0.05) is 38.5 Å². The van der Waals surface area contributed by atoms with Crippen molar-refractivity contribution in [1.82, 2.24) is 20.3 Å². The van der Waals surface area contributed by atoms with Gasteiger partial charge in [-0.3, -0.25) is 4.90 Å². The molecule has 112 valence electrons. The summed E-state index contributed by atoms with van der Waals surface area (Å²) in [4.78, 5) is 2.37. The van der Waals surface area contributed by atoms with Crippen molar-refractivity contribution in [3.8, 4) is 0 Å². The summed E-state index contributed by atoms with van der Waals surface area (Å²) >= 11 is 0. The van der Waals surface area contributed by atoms with Gasteiger partial charge in [0.2, 0.25) is 11.8 Å². The number of likely N-dealkylation sites (tertiary alicyclic amines) is 1. The zero-order valence-electron chi connectivity index (χ0n) is 12.2. The first-order chi connectivity index (χ1) is 10.2. The highest BCUT2D eigenvalue weighted by Crippen LogP contribution is 2.43. The van der Waals surface area contributed by atoms with Gasteiger partial charge in [-0.25, -0.2) is 0 Å². The molecule has 0 aliphatic carbocycles. The van der Waals surface area contributed by atoms with Gasteiger partial charge < -0.3 is 13.7 Å².